The molecule has 0 aromatic carbocycles. The van der Waals surface area contributed by atoms with Crippen LogP contribution in [-0.4, -0.2) is 11.9 Å². The Balaban J connectivity index is 2.14. The van der Waals surface area contributed by atoms with E-state index in [9.17, 15) is 4.79 Å². The van der Waals surface area contributed by atoms with Crippen molar-refractivity contribution in [3.8, 4) is 0 Å². The van der Waals surface area contributed by atoms with Gasteiger partial charge in [0.25, 0.3) is 5.91 Å². The van der Waals surface area contributed by atoms with Crippen LogP contribution in [0.15, 0.2) is 6.07 Å². The molecule has 1 amide bonds. The summed E-state index contributed by atoms with van der Waals surface area (Å²) in [6, 6.07) is 2.33. The lowest BCUT2D eigenvalue weighted by Gasteiger charge is -2.07. The van der Waals surface area contributed by atoms with Crippen LogP contribution in [0.2, 0.25) is 0 Å². The predicted molar refractivity (Wildman–Crippen MR) is 72.8 cm³/mol. The van der Waals surface area contributed by atoms with Gasteiger partial charge in [-0.25, -0.2) is 0 Å². The number of hydrogen-bond donors (Lipinski definition) is 1. The van der Waals surface area contributed by atoms with Crippen molar-refractivity contribution in [2.75, 3.05) is 0 Å². The molecular weight excluding hydrogens is 230 g/mol. The molecule has 0 fully saturated rings. The van der Waals surface area contributed by atoms with Crippen LogP contribution >= 0.6 is 11.3 Å². The fraction of sp³-hybridized carbons (Fsp3) is 0.643. The smallest absolute Gasteiger partial charge is 0.261 e. The van der Waals surface area contributed by atoms with Crippen LogP contribution in [-0.2, 0) is 12.8 Å². The van der Waals surface area contributed by atoms with Gasteiger partial charge in [0.2, 0.25) is 0 Å². The van der Waals surface area contributed by atoms with Gasteiger partial charge in [0.15, 0.2) is 0 Å². The molecule has 0 bridgehead atoms. The molecular formula is C14H21NOS. The third-order valence-electron chi connectivity index (χ3n) is 3.14. The summed E-state index contributed by atoms with van der Waals surface area (Å²) in [7, 11) is 0. The summed E-state index contributed by atoms with van der Waals surface area (Å²) in [4.78, 5) is 14.3. The highest BCUT2D eigenvalue weighted by atomic mass is 32.1. The van der Waals surface area contributed by atoms with Gasteiger partial charge in [-0.2, -0.15) is 0 Å². The Kier molecular flexibility index (Phi) is 4.21. The van der Waals surface area contributed by atoms with Crippen molar-refractivity contribution in [3.05, 3.63) is 21.4 Å². The topological polar surface area (TPSA) is 29.1 Å². The lowest BCUT2D eigenvalue weighted by atomic mass is 10.00. The molecule has 2 rings (SSSR count). The number of aryl methyl sites for hydroxylation is 2. The van der Waals surface area contributed by atoms with E-state index in [0.717, 1.165) is 17.7 Å². The van der Waals surface area contributed by atoms with E-state index in [1.807, 2.05) is 13.8 Å². The number of carbonyl (C=O) groups excluding carboxylic acids is 1. The molecule has 0 spiro atoms. The van der Waals surface area contributed by atoms with E-state index in [2.05, 4.69) is 11.4 Å². The second-order valence-corrected chi connectivity index (χ2v) is 6.24. The maximum atomic E-state index is 11.9. The molecule has 0 radical (unpaired) electrons. The summed E-state index contributed by atoms with van der Waals surface area (Å²) in [6.45, 7) is 4.00. The Morgan fingerprint density at radius 3 is 2.65 bits per heavy atom. The minimum Gasteiger partial charge on any atom is -0.349 e. The van der Waals surface area contributed by atoms with Gasteiger partial charge in [0, 0.05) is 10.9 Å². The molecule has 0 saturated carbocycles. The van der Waals surface area contributed by atoms with E-state index >= 15 is 0 Å². The van der Waals surface area contributed by atoms with Crippen molar-refractivity contribution in [2.24, 2.45) is 0 Å². The lowest BCUT2D eigenvalue weighted by Crippen LogP contribution is -2.29. The zero-order valence-electron chi connectivity index (χ0n) is 10.7. The maximum absolute atomic E-state index is 11.9. The molecule has 1 N–H and O–H groups in total. The molecule has 0 atom stereocenters. The van der Waals surface area contributed by atoms with Gasteiger partial charge in [-0.3, -0.25) is 4.79 Å². The standard InChI is InChI=1S/C14H21NOS/c1-10(2)15-14(16)13-9-11-7-5-3-4-6-8-12(11)17-13/h9-10H,3-8H2,1-2H3,(H,15,16). The van der Waals surface area contributed by atoms with Crippen molar-refractivity contribution >= 4 is 17.2 Å². The van der Waals surface area contributed by atoms with Gasteiger partial charge in [0.05, 0.1) is 4.88 Å². The fourth-order valence-electron chi connectivity index (χ4n) is 2.29. The molecule has 94 valence electrons. The molecule has 3 heteroatoms. The number of amides is 1. The van der Waals surface area contributed by atoms with E-state index in [0.29, 0.717) is 0 Å². The monoisotopic (exact) mass is 251 g/mol. The minimum atomic E-state index is 0.0942. The first-order chi connectivity index (χ1) is 8.16. The van der Waals surface area contributed by atoms with Crippen LogP contribution < -0.4 is 5.32 Å². The van der Waals surface area contributed by atoms with Crippen LogP contribution in [0.25, 0.3) is 0 Å². The maximum Gasteiger partial charge on any atom is 0.261 e. The first-order valence-electron chi connectivity index (χ1n) is 6.59. The van der Waals surface area contributed by atoms with Crippen LogP contribution in [0, 0.1) is 0 Å². The third kappa shape index (κ3) is 3.32. The Morgan fingerprint density at radius 1 is 1.24 bits per heavy atom. The molecule has 1 aromatic heterocycles. The van der Waals surface area contributed by atoms with Crippen molar-refractivity contribution in [2.45, 2.75) is 58.4 Å². The van der Waals surface area contributed by atoms with Gasteiger partial charge >= 0.3 is 0 Å². The molecule has 1 aromatic rings. The number of thiophene rings is 1. The third-order valence-corrected chi connectivity index (χ3v) is 4.38. The molecule has 1 aliphatic carbocycles. The second-order valence-electron chi connectivity index (χ2n) is 5.10. The molecule has 0 unspecified atom stereocenters. The largest absolute Gasteiger partial charge is 0.349 e. The molecule has 0 saturated heterocycles. The number of carbonyl (C=O) groups is 1. The van der Waals surface area contributed by atoms with Gasteiger partial charge in [-0.1, -0.05) is 12.8 Å². The van der Waals surface area contributed by atoms with Gasteiger partial charge in [-0.15, -0.1) is 11.3 Å². The van der Waals surface area contributed by atoms with Crippen molar-refractivity contribution in [1.29, 1.82) is 0 Å². The summed E-state index contributed by atoms with van der Waals surface area (Å²) < 4.78 is 0. The molecule has 0 aliphatic heterocycles. The molecule has 1 heterocycles. The first kappa shape index (κ1) is 12.6. The average molecular weight is 251 g/mol. The van der Waals surface area contributed by atoms with Crippen LogP contribution in [0.4, 0.5) is 0 Å². The summed E-state index contributed by atoms with van der Waals surface area (Å²) in [5.74, 6) is 0.0942. The van der Waals surface area contributed by atoms with Crippen LogP contribution in [0.1, 0.15) is 59.6 Å². The van der Waals surface area contributed by atoms with Crippen molar-refractivity contribution in [1.82, 2.24) is 5.32 Å². The van der Waals surface area contributed by atoms with Gasteiger partial charge < -0.3 is 5.32 Å². The Labute approximate surface area is 107 Å². The molecule has 1 aliphatic rings. The van der Waals surface area contributed by atoms with Crippen LogP contribution in [0.5, 0.6) is 0 Å². The van der Waals surface area contributed by atoms with Crippen LogP contribution in [0.3, 0.4) is 0 Å². The Hall–Kier alpha value is -0.830. The van der Waals surface area contributed by atoms with Crippen molar-refractivity contribution in [3.63, 3.8) is 0 Å². The lowest BCUT2D eigenvalue weighted by molar-refractivity contribution is 0.0947. The number of hydrogen-bond acceptors (Lipinski definition) is 2. The molecule has 2 nitrogen and oxygen atoms in total. The summed E-state index contributed by atoms with van der Waals surface area (Å²) >= 11 is 1.70. The average Bonchev–Trinajstić information content (AvgIpc) is 2.60. The zero-order valence-corrected chi connectivity index (χ0v) is 11.5. The quantitative estimate of drug-likeness (QED) is 0.855. The van der Waals surface area contributed by atoms with Gasteiger partial charge in [0.1, 0.15) is 0 Å². The van der Waals surface area contributed by atoms with Gasteiger partial charge in [-0.05, 0) is 51.2 Å². The first-order valence-corrected chi connectivity index (χ1v) is 7.41. The van der Waals surface area contributed by atoms with E-state index in [1.165, 1.54) is 36.1 Å². The minimum absolute atomic E-state index is 0.0942. The Bertz CT molecular complexity index is 369. The second kappa shape index (κ2) is 5.67. The van der Waals surface area contributed by atoms with E-state index in [4.69, 9.17) is 0 Å². The highest BCUT2D eigenvalue weighted by molar-refractivity contribution is 7.14. The van der Waals surface area contributed by atoms with E-state index < -0.39 is 0 Å². The normalized spacial score (nSPS) is 16.2. The Morgan fingerprint density at radius 2 is 1.94 bits per heavy atom. The predicted octanol–water partition coefficient (Wildman–Crippen LogP) is 3.55. The summed E-state index contributed by atoms with van der Waals surface area (Å²) in [5.41, 5.74) is 1.42. The summed E-state index contributed by atoms with van der Waals surface area (Å²) in [6.07, 6.45) is 7.54. The number of nitrogens with one attached hydrogen (secondary N) is 1. The molecule has 17 heavy (non-hydrogen) atoms. The van der Waals surface area contributed by atoms with E-state index in [-0.39, 0.29) is 11.9 Å². The fourth-order valence-corrected chi connectivity index (χ4v) is 3.45. The highest BCUT2D eigenvalue weighted by Gasteiger charge is 2.16. The number of fused-ring (bicyclic) bond motifs is 1. The number of rotatable bonds is 2. The van der Waals surface area contributed by atoms with E-state index in [1.54, 1.807) is 11.3 Å². The SMILES string of the molecule is CC(C)NC(=O)c1cc2c(s1)CCCCCC2. The summed E-state index contributed by atoms with van der Waals surface area (Å²) in [5, 5.41) is 2.97. The zero-order chi connectivity index (χ0) is 12.3. The van der Waals surface area contributed by atoms with Crippen molar-refractivity contribution < 1.29 is 4.79 Å². The highest BCUT2D eigenvalue weighted by Crippen LogP contribution is 2.28.